The maximum Gasteiger partial charge on any atom is 0.275 e. The first kappa shape index (κ1) is 19.4. The summed E-state index contributed by atoms with van der Waals surface area (Å²) < 4.78 is 15.6. The van der Waals surface area contributed by atoms with Crippen molar-refractivity contribution in [3.05, 3.63) is 46.5 Å². The molecule has 0 aliphatic heterocycles. The second-order valence-electron chi connectivity index (χ2n) is 5.05. The van der Waals surface area contributed by atoms with Gasteiger partial charge in [0.1, 0.15) is 11.5 Å². The minimum Gasteiger partial charge on any atom is -0.503 e. The van der Waals surface area contributed by atoms with E-state index in [1.807, 2.05) is 0 Å². The number of amides is 1. The number of phenols is 1. The SMILES string of the molecule is CCOc1cc(/C=N/NC(=O)c2ccc(OC)cc2OC)cc(Cl)c1O. The molecule has 0 atom stereocenters. The van der Waals surface area contributed by atoms with Gasteiger partial charge >= 0.3 is 0 Å². The van der Waals surface area contributed by atoms with Crippen molar-refractivity contribution in [2.45, 2.75) is 6.92 Å². The van der Waals surface area contributed by atoms with E-state index in [1.165, 1.54) is 26.5 Å². The van der Waals surface area contributed by atoms with E-state index in [4.69, 9.17) is 25.8 Å². The smallest absolute Gasteiger partial charge is 0.275 e. The van der Waals surface area contributed by atoms with Crippen molar-refractivity contribution < 1.29 is 24.1 Å². The molecule has 2 rings (SSSR count). The van der Waals surface area contributed by atoms with Crippen molar-refractivity contribution >= 4 is 23.7 Å². The molecule has 0 aliphatic rings. The number of phenolic OH excluding ortho intramolecular Hbond substituents is 1. The van der Waals surface area contributed by atoms with Gasteiger partial charge in [0.05, 0.1) is 37.6 Å². The minimum absolute atomic E-state index is 0.126. The number of hydrogen-bond acceptors (Lipinski definition) is 6. The van der Waals surface area contributed by atoms with Crippen molar-refractivity contribution in [1.82, 2.24) is 5.43 Å². The fourth-order valence-electron chi connectivity index (χ4n) is 2.15. The molecular weight excluding hydrogens is 360 g/mol. The van der Waals surface area contributed by atoms with Crippen LogP contribution in [-0.2, 0) is 0 Å². The second kappa shape index (κ2) is 8.96. The van der Waals surface area contributed by atoms with Crippen molar-refractivity contribution in [2.24, 2.45) is 5.10 Å². The monoisotopic (exact) mass is 378 g/mol. The molecule has 0 saturated heterocycles. The van der Waals surface area contributed by atoms with E-state index in [1.54, 1.807) is 31.2 Å². The lowest BCUT2D eigenvalue weighted by atomic mass is 10.2. The highest BCUT2D eigenvalue weighted by molar-refractivity contribution is 6.32. The molecule has 2 N–H and O–H groups in total. The highest BCUT2D eigenvalue weighted by atomic mass is 35.5. The van der Waals surface area contributed by atoms with Gasteiger partial charge < -0.3 is 19.3 Å². The fourth-order valence-corrected chi connectivity index (χ4v) is 2.36. The standard InChI is InChI=1S/C18H19ClN2O5/c1-4-26-16-8-11(7-14(19)17(16)22)10-20-21-18(23)13-6-5-12(24-2)9-15(13)25-3/h5-10,22H,4H2,1-3H3,(H,21,23)/b20-10+. The van der Waals surface area contributed by atoms with Gasteiger partial charge in [-0.15, -0.1) is 0 Å². The molecule has 2 aromatic rings. The van der Waals surface area contributed by atoms with E-state index in [0.29, 0.717) is 29.2 Å². The first-order chi connectivity index (χ1) is 12.5. The third-order valence-electron chi connectivity index (χ3n) is 3.38. The lowest BCUT2D eigenvalue weighted by molar-refractivity contribution is 0.0952. The Labute approximate surface area is 156 Å². The highest BCUT2D eigenvalue weighted by Crippen LogP contribution is 2.34. The van der Waals surface area contributed by atoms with Crippen molar-refractivity contribution in [3.8, 4) is 23.0 Å². The topological polar surface area (TPSA) is 89.4 Å². The van der Waals surface area contributed by atoms with Gasteiger partial charge in [-0.1, -0.05) is 11.6 Å². The molecule has 0 bridgehead atoms. The van der Waals surface area contributed by atoms with E-state index < -0.39 is 5.91 Å². The van der Waals surface area contributed by atoms with Gasteiger partial charge in [-0.25, -0.2) is 5.43 Å². The van der Waals surface area contributed by atoms with Crippen LogP contribution in [0.1, 0.15) is 22.8 Å². The van der Waals surface area contributed by atoms with Crippen LogP contribution >= 0.6 is 11.6 Å². The van der Waals surface area contributed by atoms with Crippen LogP contribution in [-0.4, -0.2) is 38.1 Å². The van der Waals surface area contributed by atoms with Gasteiger partial charge in [0, 0.05) is 6.07 Å². The third-order valence-corrected chi connectivity index (χ3v) is 3.67. The number of carbonyl (C=O) groups is 1. The molecule has 0 saturated carbocycles. The van der Waals surface area contributed by atoms with Gasteiger partial charge in [0.25, 0.3) is 5.91 Å². The molecule has 0 aliphatic carbocycles. The van der Waals surface area contributed by atoms with Crippen LogP contribution in [0.15, 0.2) is 35.4 Å². The molecule has 7 nitrogen and oxygen atoms in total. The van der Waals surface area contributed by atoms with Crippen LogP contribution in [0.3, 0.4) is 0 Å². The Morgan fingerprint density at radius 1 is 1.23 bits per heavy atom. The Balaban J connectivity index is 2.14. The van der Waals surface area contributed by atoms with Gasteiger partial charge in [0.15, 0.2) is 11.5 Å². The fraction of sp³-hybridized carbons (Fsp3) is 0.222. The largest absolute Gasteiger partial charge is 0.503 e. The number of halogens is 1. The van der Waals surface area contributed by atoms with Gasteiger partial charge in [-0.05, 0) is 36.8 Å². The second-order valence-corrected chi connectivity index (χ2v) is 5.46. The molecule has 138 valence electrons. The maximum absolute atomic E-state index is 12.3. The number of hydrogen-bond donors (Lipinski definition) is 2. The molecule has 8 heteroatoms. The van der Waals surface area contributed by atoms with Gasteiger partial charge in [0.2, 0.25) is 0 Å². The number of nitrogens with zero attached hydrogens (tertiary/aromatic N) is 1. The molecule has 26 heavy (non-hydrogen) atoms. The zero-order chi connectivity index (χ0) is 19.1. The first-order valence-corrected chi connectivity index (χ1v) is 8.08. The van der Waals surface area contributed by atoms with E-state index in [-0.39, 0.29) is 16.5 Å². The van der Waals surface area contributed by atoms with Gasteiger partial charge in [-0.2, -0.15) is 5.10 Å². The zero-order valence-corrected chi connectivity index (χ0v) is 15.3. The molecule has 0 aromatic heterocycles. The Kier molecular flexibility index (Phi) is 6.68. The van der Waals surface area contributed by atoms with E-state index in [9.17, 15) is 9.90 Å². The number of rotatable bonds is 7. The summed E-state index contributed by atoms with van der Waals surface area (Å²) in [5.74, 6) is 0.588. The summed E-state index contributed by atoms with van der Waals surface area (Å²) >= 11 is 5.95. The lowest BCUT2D eigenvalue weighted by Crippen LogP contribution is -2.18. The normalized spacial score (nSPS) is 10.6. The number of ether oxygens (including phenoxy) is 3. The Hall–Kier alpha value is -2.93. The van der Waals surface area contributed by atoms with Crippen LogP contribution in [0, 0.1) is 0 Å². The molecule has 0 heterocycles. The summed E-state index contributed by atoms with van der Waals surface area (Å²) in [4.78, 5) is 12.3. The molecule has 0 spiro atoms. The summed E-state index contributed by atoms with van der Waals surface area (Å²) in [5, 5.41) is 13.8. The van der Waals surface area contributed by atoms with Crippen LogP contribution in [0.4, 0.5) is 0 Å². The zero-order valence-electron chi connectivity index (χ0n) is 14.6. The Morgan fingerprint density at radius 2 is 2.00 bits per heavy atom. The average molecular weight is 379 g/mol. The first-order valence-electron chi connectivity index (χ1n) is 7.70. The Bertz CT molecular complexity index is 823. The number of nitrogens with one attached hydrogen (secondary N) is 1. The highest BCUT2D eigenvalue weighted by Gasteiger charge is 2.13. The molecule has 2 aromatic carbocycles. The van der Waals surface area contributed by atoms with E-state index in [0.717, 1.165) is 0 Å². The number of methoxy groups -OCH3 is 2. The van der Waals surface area contributed by atoms with Crippen LogP contribution in [0.5, 0.6) is 23.0 Å². The van der Waals surface area contributed by atoms with Crippen molar-refractivity contribution in [1.29, 1.82) is 0 Å². The number of hydrazone groups is 1. The van der Waals surface area contributed by atoms with Crippen LogP contribution < -0.4 is 19.6 Å². The number of benzene rings is 2. The maximum atomic E-state index is 12.3. The predicted molar refractivity (Wildman–Crippen MR) is 98.9 cm³/mol. The summed E-state index contributed by atoms with van der Waals surface area (Å²) in [6, 6.07) is 7.90. The van der Waals surface area contributed by atoms with Crippen molar-refractivity contribution in [3.63, 3.8) is 0 Å². The minimum atomic E-state index is -0.448. The average Bonchev–Trinajstić information content (AvgIpc) is 2.65. The summed E-state index contributed by atoms with van der Waals surface area (Å²) in [7, 11) is 2.99. The van der Waals surface area contributed by atoms with E-state index in [2.05, 4.69) is 10.5 Å². The summed E-state index contributed by atoms with van der Waals surface area (Å²) in [5.41, 5.74) is 3.27. The van der Waals surface area contributed by atoms with E-state index >= 15 is 0 Å². The van der Waals surface area contributed by atoms with Gasteiger partial charge in [-0.3, -0.25) is 4.79 Å². The predicted octanol–water partition coefficient (Wildman–Crippen LogP) is 3.23. The molecule has 0 radical (unpaired) electrons. The van der Waals surface area contributed by atoms with Crippen LogP contribution in [0.25, 0.3) is 0 Å². The third kappa shape index (κ3) is 4.58. The number of carbonyl (C=O) groups excluding carboxylic acids is 1. The molecule has 0 fully saturated rings. The lowest BCUT2D eigenvalue weighted by Gasteiger charge is -2.09. The number of aromatic hydroxyl groups is 1. The quantitative estimate of drug-likeness (QED) is 0.570. The summed E-state index contributed by atoms with van der Waals surface area (Å²) in [6.07, 6.45) is 1.39. The summed E-state index contributed by atoms with van der Waals surface area (Å²) in [6.45, 7) is 2.16. The van der Waals surface area contributed by atoms with Crippen molar-refractivity contribution in [2.75, 3.05) is 20.8 Å². The Morgan fingerprint density at radius 3 is 2.65 bits per heavy atom. The molecular formula is C18H19ClN2O5. The molecule has 0 unspecified atom stereocenters. The van der Waals surface area contributed by atoms with Crippen LogP contribution in [0.2, 0.25) is 5.02 Å². The molecule has 1 amide bonds.